The van der Waals surface area contributed by atoms with E-state index < -0.39 is 38.5 Å². The summed E-state index contributed by atoms with van der Waals surface area (Å²) in [4.78, 5) is 23.7. The van der Waals surface area contributed by atoms with Gasteiger partial charge in [0.15, 0.2) is 6.61 Å². The van der Waals surface area contributed by atoms with Crippen LogP contribution in [-0.4, -0.2) is 35.3 Å². The number of nitrogens with one attached hydrogen (secondary N) is 2. The zero-order chi connectivity index (χ0) is 27.1. The van der Waals surface area contributed by atoms with Crippen molar-refractivity contribution >= 4 is 49.4 Å². The molecule has 0 aliphatic heterocycles. The Bertz CT molecular complexity index is 1590. The van der Waals surface area contributed by atoms with Gasteiger partial charge < -0.3 is 10.1 Å². The number of nitrogens with zero attached hydrogens (tertiary/aromatic N) is 1. The molecule has 37 heavy (non-hydrogen) atoms. The minimum absolute atomic E-state index is 0.0722. The molecule has 4 N–H and O–H groups in total. The van der Waals surface area contributed by atoms with Crippen molar-refractivity contribution < 1.29 is 31.2 Å². The summed E-state index contributed by atoms with van der Waals surface area (Å²) >= 11 is 0. The summed E-state index contributed by atoms with van der Waals surface area (Å²) in [6.07, 6.45) is 2.45. The average Bonchev–Trinajstić information content (AvgIpc) is 2.86. The number of rotatable bonds is 9. The molecule has 0 spiro atoms. The Morgan fingerprint density at radius 1 is 0.919 bits per heavy atom. The van der Waals surface area contributed by atoms with E-state index in [-0.39, 0.29) is 21.0 Å². The lowest BCUT2D eigenvalue weighted by atomic mass is 10.2. The number of para-hydroxylation sites is 1. The molecule has 3 rings (SSSR count). The van der Waals surface area contributed by atoms with Gasteiger partial charge in [-0.05, 0) is 60.2 Å². The number of carbonyl (C=O) groups is 2. The molecule has 0 saturated carbocycles. The van der Waals surface area contributed by atoms with E-state index in [2.05, 4.69) is 10.0 Å². The maximum absolute atomic E-state index is 12.6. The minimum atomic E-state index is -3.97. The number of amides is 1. The number of primary sulfonamides is 1. The van der Waals surface area contributed by atoms with Crippen LogP contribution in [0.15, 0.2) is 88.7 Å². The van der Waals surface area contributed by atoms with Gasteiger partial charge in [-0.2, -0.15) is 5.26 Å². The van der Waals surface area contributed by atoms with Gasteiger partial charge in [0.05, 0.1) is 21.0 Å². The second kappa shape index (κ2) is 11.5. The van der Waals surface area contributed by atoms with Crippen molar-refractivity contribution in [3.05, 3.63) is 90.0 Å². The Kier molecular flexibility index (Phi) is 8.41. The van der Waals surface area contributed by atoms with Crippen molar-refractivity contribution in [2.75, 3.05) is 16.6 Å². The molecule has 0 aliphatic carbocycles. The predicted octanol–water partition coefficient (Wildman–Crippen LogP) is 2.20. The van der Waals surface area contributed by atoms with Gasteiger partial charge in [-0.15, -0.1) is 0 Å². The van der Waals surface area contributed by atoms with E-state index in [9.17, 15) is 26.4 Å². The molecule has 3 aromatic rings. The van der Waals surface area contributed by atoms with Crippen molar-refractivity contribution in [3.63, 3.8) is 0 Å². The molecule has 0 radical (unpaired) electrons. The van der Waals surface area contributed by atoms with Crippen molar-refractivity contribution in [2.45, 2.75) is 9.79 Å². The zero-order valence-corrected chi connectivity index (χ0v) is 20.6. The molecule has 190 valence electrons. The average molecular weight is 541 g/mol. The van der Waals surface area contributed by atoms with Crippen molar-refractivity contribution in [2.24, 2.45) is 5.14 Å². The van der Waals surface area contributed by atoms with Gasteiger partial charge in [0.25, 0.3) is 15.9 Å². The first kappa shape index (κ1) is 27.1. The third-order valence-electron chi connectivity index (χ3n) is 4.70. The maximum atomic E-state index is 12.6. The number of sulfonamides is 2. The number of esters is 1. The fourth-order valence-electron chi connectivity index (χ4n) is 2.91. The highest BCUT2D eigenvalue weighted by atomic mass is 32.2. The molecule has 11 nitrogen and oxygen atoms in total. The molecule has 1 amide bonds. The van der Waals surface area contributed by atoms with E-state index in [1.807, 2.05) is 6.07 Å². The lowest BCUT2D eigenvalue weighted by Gasteiger charge is -2.09. The van der Waals surface area contributed by atoms with Gasteiger partial charge in [0.1, 0.15) is 6.07 Å². The van der Waals surface area contributed by atoms with E-state index in [1.165, 1.54) is 60.7 Å². The van der Waals surface area contributed by atoms with Crippen LogP contribution >= 0.6 is 0 Å². The number of anilines is 2. The van der Waals surface area contributed by atoms with Crippen LogP contribution in [0, 0.1) is 11.3 Å². The second-order valence-electron chi connectivity index (χ2n) is 7.39. The van der Waals surface area contributed by atoms with Crippen LogP contribution in [-0.2, 0) is 34.4 Å². The maximum Gasteiger partial charge on any atom is 0.331 e. The molecule has 0 aliphatic rings. The monoisotopic (exact) mass is 540 g/mol. The fraction of sp³-hybridized carbons (Fsp3) is 0.0417. The smallest absolute Gasteiger partial charge is 0.331 e. The number of carbonyl (C=O) groups excluding carboxylic acids is 2. The number of benzene rings is 3. The van der Waals surface area contributed by atoms with Gasteiger partial charge >= 0.3 is 5.97 Å². The summed E-state index contributed by atoms with van der Waals surface area (Å²) in [5, 5.41) is 16.5. The van der Waals surface area contributed by atoms with E-state index in [0.717, 1.165) is 6.08 Å². The Balaban J connectivity index is 1.55. The first-order chi connectivity index (χ1) is 17.5. The van der Waals surface area contributed by atoms with Crippen LogP contribution in [0.1, 0.15) is 11.1 Å². The highest BCUT2D eigenvalue weighted by Gasteiger charge is 2.15. The van der Waals surface area contributed by atoms with Crippen LogP contribution < -0.4 is 15.2 Å². The molecule has 0 heterocycles. The summed E-state index contributed by atoms with van der Waals surface area (Å²) in [7, 11) is -7.87. The lowest BCUT2D eigenvalue weighted by Crippen LogP contribution is -2.20. The van der Waals surface area contributed by atoms with E-state index >= 15 is 0 Å². The van der Waals surface area contributed by atoms with E-state index in [1.54, 1.807) is 18.2 Å². The van der Waals surface area contributed by atoms with Gasteiger partial charge in [-0.3, -0.25) is 9.52 Å². The number of hydrogen-bond acceptors (Lipinski definition) is 8. The Morgan fingerprint density at radius 3 is 2.16 bits per heavy atom. The summed E-state index contributed by atoms with van der Waals surface area (Å²) in [6.45, 7) is -0.565. The van der Waals surface area contributed by atoms with Crippen LogP contribution in [0.25, 0.3) is 6.08 Å². The standard InChI is InChI=1S/C24H20N4O7S2/c25-15-18-3-1-2-4-22(18)27-23(29)16-35-24(30)14-7-17-5-10-21(11-6-17)37(33,34)28-19-8-12-20(13-9-19)36(26,31)32/h1-14,28H,16H2,(H,27,29)(H2,26,31,32). The first-order valence-corrected chi connectivity index (χ1v) is 13.4. The third kappa shape index (κ3) is 7.74. The molecule has 0 atom stereocenters. The van der Waals surface area contributed by atoms with Gasteiger partial charge in [0, 0.05) is 11.8 Å². The number of hydrogen-bond donors (Lipinski definition) is 3. The molecular weight excluding hydrogens is 520 g/mol. The van der Waals surface area contributed by atoms with E-state index in [4.69, 9.17) is 15.1 Å². The van der Waals surface area contributed by atoms with Crippen LogP contribution in [0.4, 0.5) is 11.4 Å². The molecule has 3 aromatic carbocycles. The summed E-state index contributed by atoms with van der Waals surface area (Å²) < 4.78 is 55.0. The molecule has 0 fully saturated rings. The number of nitriles is 1. The SMILES string of the molecule is N#Cc1ccccc1NC(=O)COC(=O)C=Cc1ccc(S(=O)(=O)Nc2ccc(S(N)(=O)=O)cc2)cc1. The zero-order valence-electron chi connectivity index (χ0n) is 19.0. The van der Waals surface area contributed by atoms with Gasteiger partial charge in [0.2, 0.25) is 10.0 Å². The summed E-state index contributed by atoms with van der Waals surface area (Å²) in [5.41, 5.74) is 1.19. The highest BCUT2D eigenvalue weighted by Crippen LogP contribution is 2.19. The summed E-state index contributed by atoms with van der Waals surface area (Å²) in [5.74, 6) is -1.42. The predicted molar refractivity (Wildman–Crippen MR) is 135 cm³/mol. The molecular formula is C24H20N4O7S2. The molecule has 0 unspecified atom stereocenters. The topological polar surface area (TPSA) is 186 Å². The molecule has 13 heteroatoms. The lowest BCUT2D eigenvalue weighted by molar-refractivity contribution is -0.142. The second-order valence-corrected chi connectivity index (χ2v) is 10.6. The normalized spacial score (nSPS) is 11.5. The summed E-state index contributed by atoms with van der Waals surface area (Å²) in [6, 6.07) is 18.7. The third-order valence-corrected chi connectivity index (χ3v) is 7.03. The quantitative estimate of drug-likeness (QED) is 0.272. The van der Waals surface area contributed by atoms with Gasteiger partial charge in [-0.1, -0.05) is 24.3 Å². The molecule has 0 saturated heterocycles. The van der Waals surface area contributed by atoms with Crippen molar-refractivity contribution in [1.82, 2.24) is 0 Å². The first-order valence-electron chi connectivity index (χ1n) is 10.4. The fourth-order valence-corrected chi connectivity index (χ4v) is 4.48. The van der Waals surface area contributed by atoms with Gasteiger partial charge in [-0.25, -0.2) is 26.8 Å². The molecule has 0 bridgehead atoms. The van der Waals surface area contributed by atoms with Crippen molar-refractivity contribution in [1.29, 1.82) is 5.26 Å². The van der Waals surface area contributed by atoms with E-state index in [0.29, 0.717) is 11.3 Å². The van der Waals surface area contributed by atoms with Crippen LogP contribution in [0.3, 0.4) is 0 Å². The largest absolute Gasteiger partial charge is 0.452 e. The van der Waals surface area contributed by atoms with Crippen molar-refractivity contribution in [3.8, 4) is 6.07 Å². The minimum Gasteiger partial charge on any atom is -0.452 e. The Labute approximate surface area is 213 Å². The number of nitrogens with two attached hydrogens (primary N) is 1. The Hall–Kier alpha value is -4.51. The highest BCUT2D eigenvalue weighted by molar-refractivity contribution is 7.92. The van der Waals surface area contributed by atoms with Crippen LogP contribution in [0.5, 0.6) is 0 Å². The van der Waals surface area contributed by atoms with Crippen LogP contribution in [0.2, 0.25) is 0 Å². The Morgan fingerprint density at radius 2 is 1.54 bits per heavy atom. The molecule has 0 aromatic heterocycles. The number of ether oxygens (including phenoxy) is 1.